The molecule has 1 N–H and O–H groups in total. The zero-order valence-electron chi connectivity index (χ0n) is 11.2. The molecule has 98 valence electrons. The van der Waals surface area contributed by atoms with Gasteiger partial charge in [0.2, 0.25) is 0 Å². The lowest BCUT2D eigenvalue weighted by Gasteiger charge is -2.31. The molecule has 3 nitrogen and oxygen atoms in total. The Bertz CT molecular complexity index is 425. The number of nitrogens with zero attached hydrogens (tertiary/aromatic N) is 1. The molecule has 0 spiro atoms. The van der Waals surface area contributed by atoms with E-state index in [0.717, 1.165) is 12.3 Å². The van der Waals surface area contributed by atoms with Gasteiger partial charge in [0.15, 0.2) is 0 Å². The van der Waals surface area contributed by atoms with Gasteiger partial charge in [-0.1, -0.05) is 0 Å². The Morgan fingerprint density at radius 3 is 2.72 bits per heavy atom. The van der Waals surface area contributed by atoms with Crippen molar-refractivity contribution in [3.63, 3.8) is 0 Å². The van der Waals surface area contributed by atoms with Crippen LogP contribution < -0.4 is 15.0 Å². The summed E-state index contributed by atoms with van der Waals surface area (Å²) in [5, 5.41) is 3.47. The first-order chi connectivity index (χ1) is 8.88. The number of aryl methyl sites for hydroxylation is 1. The minimum Gasteiger partial charge on any atom is -0.495 e. The quantitative estimate of drug-likeness (QED) is 0.868. The number of benzene rings is 1. The third-order valence-corrected chi connectivity index (χ3v) is 4.04. The van der Waals surface area contributed by atoms with Crippen molar-refractivity contribution in [2.75, 3.05) is 37.0 Å². The standard InChI is InChI=1S/C15H22N2O/c1-18-15-11-13-12(6-5-7-16-13)10-14(15)17-8-3-2-4-9-17/h10-11,16H,2-9H2,1H3. The molecule has 0 aliphatic carbocycles. The summed E-state index contributed by atoms with van der Waals surface area (Å²) in [4.78, 5) is 2.48. The van der Waals surface area contributed by atoms with Crippen LogP contribution in [0.4, 0.5) is 11.4 Å². The van der Waals surface area contributed by atoms with Crippen molar-refractivity contribution in [3.8, 4) is 5.75 Å². The van der Waals surface area contributed by atoms with Crippen LogP contribution in [0.2, 0.25) is 0 Å². The summed E-state index contributed by atoms with van der Waals surface area (Å²) >= 11 is 0. The number of hydrogen-bond acceptors (Lipinski definition) is 3. The number of anilines is 2. The number of rotatable bonds is 2. The van der Waals surface area contributed by atoms with E-state index in [0.29, 0.717) is 0 Å². The first-order valence-corrected chi connectivity index (χ1v) is 7.08. The Kier molecular flexibility index (Phi) is 3.31. The zero-order valence-corrected chi connectivity index (χ0v) is 11.2. The van der Waals surface area contributed by atoms with Gasteiger partial charge in [-0.05, 0) is 43.7 Å². The highest BCUT2D eigenvalue weighted by atomic mass is 16.5. The first-order valence-electron chi connectivity index (χ1n) is 7.08. The molecule has 2 aliphatic heterocycles. The molecule has 3 rings (SSSR count). The number of ether oxygens (including phenoxy) is 1. The summed E-state index contributed by atoms with van der Waals surface area (Å²) in [7, 11) is 1.78. The molecule has 0 amide bonds. The van der Waals surface area contributed by atoms with Gasteiger partial charge in [0, 0.05) is 31.4 Å². The summed E-state index contributed by atoms with van der Waals surface area (Å²) < 4.78 is 5.58. The van der Waals surface area contributed by atoms with Crippen LogP contribution in [0, 0.1) is 0 Å². The average Bonchev–Trinajstić information content (AvgIpc) is 2.46. The van der Waals surface area contributed by atoms with Gasteiger partial charge >= 0.3 is 0 Å². The SMILES string of the molecule is COc1cc2c(cc1N1CCCCC1)CCCN2. The maximum absolute atomic E-state index is 5.58. The highest BCUT2D eigenvalue weighted by Crippen LogP contribution is 2.37. The Balaban J connectivity index is 1.95. The van der Waals surface area contributed by atoms with Gasteiger partial charge < -0.3 is 15.0 Å². The molecule has 2 heterocycles. The van der Waals surface area contributed by atoms with Gasteiger partial charge in [-0.3, -0.25) is 0 Å². The molecule has 3 heteroatoms. The van der Waals surface area contributed by atoms with Gasteiger partial charge in [-0.2, -0.15) is 0 Å². The van der Waals surface area contributed by atoms with Crippen LogP contribution in [0.3, 0.4) is 0 Å². The first kappa shape index (κ1) is 11.7. The predicted molar refractivity (Wildman–Crippen MR) is 75.9 cm³/mol. The van der Waals surface area contributed by atoms with E-state index < -0.39 is 0 Å². The predicted octanol–water partition coefficient (Wildman–Crippen LogP) is 3.04. The van der Waals surface area contributed by atoms with Crippen molar-refractivity contribution in [2.45, 2.75) is 32.1 Å². The molecule has 0 bridgehead atoms. The van der Waals surface area contributed by atoms with Crippen molar-refractivity contribution in [1.29, 1.82) is 0 Å². The molecule has 0 radical (unpaired) electrons. The minimum atomic E-state index is 1.02. The van der Waals surface area contributed by atoms with Gasteiger partial charge in [-0.15, -0.1) is 0 Å². The Morgan fingerprint density at radius 1 is 1.11 bits per heavy atom. The molecule has 1 aromatic carbocycles. The smallest absolute Gasteiger partial charge is 0.144 e. The van der Waals surface area contributed by atoms with Crippen LogP contribution >= 0.6 is 0 Å². The summed E-state index contributed by atoms with van der Waals surface area (Å²) in [6, 6.07) is 4.52. The van der Waals surface area contributed by atoms with E-state index in [1.54, 1.807) is 7.11 Å². The number of methoxy groups -OCH3 is 1. The summed E-state index contributed by atoms with van der Waals surface area (Å²) in [6.45, 7) is 3.42. The highest BCUT2D eigenvalue weighted by molar-refractivity contribution is 5.69. The van der Waals surface area contributed by atoms with Crippen LogP contribution in [-0.4, -0.2) is 26.7 Å². The molecular weight excluding hydrogens is 224 g/mol. The molecule has 0 saturated carbocycles. The maximum atomic E-state index is 5.58. The minimum absolute atomic E-state index is 1.02. The number of piperidine rings is 1. The third kappa shape index (κ3) is 2.14. The van der Waals surface area contributed by atoms with E-state index in [4.69, 9.17) is 4.74 Å². The molecule has 0 aromatic heterocycles. The molecule has 18 heavy (non-hydrogen) atoms. The van der Waals surface area contributed by atoms with Crippen molar-refractivity contribution >= 4 is 11.4 Å². The lowest BCUT2D eigenvalue weighted by atomic mass is 10.0. The molecule has 2 aliphatic rings. The fraction of sp³-hybridized carbons (Fsp3) is 0.600. The van der Waals surface area contributed by atoms with E-state index in [9.17, 15) is 0 Å². The van der Waals surface area contributed by atoms with Crippen LogP contribution in [0.1, 0.15) is 31.2 Å². The molecule has 1 saturated heterocycles. The third-order valence-electron chi connectivity index (χ3n) is 4.04. The summed E-state index contributed by atoms with van der Waals surface area (Å²) in [6.07, 6.45) is 6.40. The molecule has 1 aromatic rings. The van der Waals surface area contributed by atoms with E-state index in [-0.39, 0.29) is 0 Å². The van der Waals surface area contributed by atoms with Crippen molar-refractivity contribution < 1.29 is 4.74 Å². The van der Waals surface area contributed by atoms with E-state index in [2.05, 4.69) is 22.3 Å². The molecule has 1 fully saturated rings. The van der Waals surface area contributed by atoms with E-state index in [1.165, 1.54) is 62.1 Å². The fourth-order valence-electron chi connectivity index (χ4n) is 3.03. The largest absolute Gasteiger partial charge is 0.495 e. The van der Waals surface area contributed by atoms with Gasteiger partial charge in [0.25, 0.3) is 0 Å². The lowest BCUT2D eigenvalue weighted by Crippen LogP contribution is -2.30. The van der Waals surface area contributed by atoms with Gasteiger partial charge in [0.05, 0.1) is 12.8 Å². The van der Waals surface area contributed by atoms with Crippen LogP contribution in [0.25, 0.3) is 0 Å². The van der Waals surface area contributed by atoms with Crippen LogP contribution in [0.15, 0.2) is 12.1 Å². The fourth-order valence-corrected chi connectivity index (χ4v) is 3.03. The van der Waals surface area contributed by atoms with Crippen LogP contribution in [0.5, 0.6) is 5.75 Å². The average molecular weight is 246 g/mol. The van der Waals surface area contributed by atoms with Crippen LogP contribution in [-0.2, 0) is 6.42 Å². The summed E-state index contributed by atoms with van der Waals surface area (Å²) in [5.41, 5.74) is 4.00. The monoisotopic (exact) mass is 246 g/mol. The second-order valence-electron chi connectivity index (χ2n) is 5.26. The summed E-state index contributed by atoms with van der Waals surface area (Å²) in [5.74, 6) is 1.02. The zero-order chi connectivity index (χ0) is 12.4. The second kappa shape index (κ2) is 5.09. The Hall–Kier alpha value is -1.38. The van der Waals surface area contributed by atoms with E-state index in [1.807, 2.05) is 0 Å². The van der Waals surface area contributed by atoms with Crippen molar-refractivity contribution in [1.82, 2.24) is 0 Å². The molecule has 0 unspecified atom stereocenters. The molecule has 0 atom stereocenters. The maximum Gasteiger partial charge on any atom is 0.144 e. The molecular formula is C15H22N2O. The number of hydrogen-bond donors (Lipinski definition) is 1. The lowest BCUT2D eigenvalue weighted by molar-refractivity contribution is 0.412. The number of nitrogens with one attached hydrogen (secondary N) is 1. The van der Waals surface area contributed by atoms with Crippen molar-refractivity contribution in [3.05, 3.63) is 17.7 Å². The number of fused-ring (bicyclic) bond motifs is 1. The normalized spacial score (nSPS) is 19.1. The van der Waals surface area contributed by atoms with Crippen molar-refractivity contribution in [2.24, 2.45) is 0 Å². The topological polar surface area (TPSA) is 24.5 Å². The van der Waals surface area contributed by atoms with Gasteiger partial charge in [-0.25, -0.2) is 0 Å². The Morgan fingerprint density at radius 2 is 1.94 bits per heavy atom. The second-order valence-corrected chi connectivity index (χ2v) is 5.26. The Labute approximate surface area is 109 Å². The van der Waals surface area contributed by atoms with Gasteiger partial charge in [0.1, 0.15) is 5.75 Å². The highest BCUT2D eigenvalue weighted by Gasteiger charge is 2.19. The van der Waals surface area contributed by atoms with E-state index >= 15 is 0 Å².